The monoisotopic (exact) mass is 790 g/mol. The number of rotatable bonds is 13. The molecule has 0 amide bonds. The molecular formula is C45H44O9P2. The smallest absolute Gasteiger partial charge is 0.497 e. The second-order valence-electron chi connectivity index (χ2n) is 14.1. The number of carbonyl (C=O) groups is 1. The maximum absolute atomic E-state index is 13.7. The molecule has 0 aromatic heterocycles. The quantitative estimate of drug-likeness (QED) is 0.106. The highest BCUT2D eigenvalue weighted by Gasteiger charge is 2.37. The fourth-order valence-corrected chi connectivity index (χ4v) is 9.67. The van der Waals surface area contributed by atoms with Crippen molar-refractivity contribution in [2.24, 2.45) is 0 Å². The Bertz CT molecular complexity index is 2390. The van der Waals surface area contributed by atoms with Crippen molar-refractivity contribution in [3.8, 4) is 51.4 Å². The van der Waals surface area contributed by atoms with E-state index in [0.717, 1.165) is 58.4 Å². The minimum atomic E-state index is -2.22. The van der Waals surface area contributed by atoms with Crippen LogP contribution >= 0.6 is 17.2 Å². The van der Waals surface area contributed by atoms with Gasteiger partial charge in [0.1, 0.15) is 45.8 Å². The van der Waals surface area contributed by atoms with E-state index in [-0.39, 0.29) is 11.8 Å². The Hall–Kier alpha value is -5.23. The highest BCUT2D eigenvalue weighted by molar-refractivity contribution is 7.43. The van der Waals surface area contributed by atoms with Crippen molar-refractivity contribution in [3.05, 3.63) is 114 Å². The van der Waals surface area contributed by atoms with E-state index in [1.807, 2.05) is 91.0 Å². The lowest BCUT2D eigenvalue weighted by molar-refractivity contribution is 0.0700. The van der Waals surface area contributed by atoms with Gasteiger partial charge in [0.15, 0.2) is 0 Å². The van der Waals surface area contributed by atoms with Crippen molar-refractivity contribution >= 4 is 44.7 Å². The van der Waals surface area contributed by atoms with Crippen LogP contribution < -0.4 is 32.1 Å². The molecule has 6 aromatic carbocycles. The van der Waals surface area contributed by atoms with Crippen LogP contribution in [0.4, 0.5) is 0 Å². The first-order valence-electron chi connectivity index (χ1n) is 19.0. The number of carbonyl (C=O) groups excluding carboxylic acids is 1. The Morgan fingerprint density at radius 3 is 1.66 bits per heavy atom. The predicted octanol–water partition coefficient (Wildman–Crippen LogP) is 13.4. The maximum atomic E-state index is 13.7. The zero-order chi connectivity index (χ0) is 38.9. The van der Waals surface area contributed by atoms with E-state index >= 15 is 0 Å². The van der Waals surface area contributed by atoms with Crippen LogP contribution in [0.3, 0.4) is 0 Å². The summed E-state index contributed by atoms with van der Waals surface area (Å²) < 4.78 is 51.0. The summed E-state index contributed by atoms with van der Waals surface area (Å²) in [7, 11) is -0.866. The maximum Gasteiger partial charge on any atom is 0.532 e. The average molecular weight is 791 g/mol. The van der Waals surface area contributed by atoms with Gasteiger partial charge < -0.3 is 36.6 Å². The van der Waals surface area contributed by atoms with Crippen LogP contribution in [-0.4, -0.2) is 20.2 Å². The zero-order valence-electron chi connectivity index (χ0n) is 32.3. The van der Waals surface area contributed by atoms with Crippen LogP contribution in [0, 0.1) is 0 Å². The minimum absolute atomic E-state index is 0.0374. The summed E-state index contributed by atoms with van der Waals surface area (Å²) in [6, 6.07) is 31.1. The van der Waals surface area contributed by atoms with E-state index in [1.165, 1.54) is 0 Å². The second kappa shape index (κ2) is 16.1. The molecular weight excluding hydrogens is 746 g/mol. The first kappa shape index (κ1) is 37.7. The van der Waals surface area contributed by atoms with Crippen LogP contribution in [0.2, 0.25) is 0 Å². The van der Waals surface area contributed by atoms with Gasteiger partial charge in [0.2, 0.25) is 0 Å². The molecule has 2 aliphatic heterocycles. The van der Waals surface area contributed by atoms with Gasteiger partial charge in [0, 0.05) is 22.3 Å². The molecule has 9 nitrogen and oxygen atoms in total. The number of hydrogen-bond donors (Lipinski definition) is 0. The van der Waals surface area contributed by atoms with Crippen molar-refractivity contribution in [2.45, 2.75) is 65.2 Å². The molecule has 2 aliphatic rings. The Labute approximate surface area is 329 Å². The van der Waals surface area contributed by atoms with E-state index in [9.17, 15) is 4.79 Å². The van der Waals surface area contributed by atoms with Gasteiger partial charge >= 0.3 is 23.2 Å². The van der Waals surface area contributed by atoms with Gasteiger partial charge in [-0.2, -0.15) is 0 Å². The highest BCUT2D eigenvalue weighted by Crippen LogP contribution is 2.58. The summed E-state index contributed by atoms with van der Waals surface area (Å²) in [5.41, 5.74) is 3.52. The zero-order valence-corrected chi connectivity index (χ0v) is 34.1. The van der Waals surface area contributed by atoms with E-state index in [2.05, 4.69) is 27.7 Å². The molecule has 8 rings (SSSR count). The standard InChI is InChI=1S/C45H44O9P2/c1-7-13-27(3)34-23-31(47-5)25-36(43(34)52-55-49-38-19-11-16-30-17-12-20-39(50-55)41(30)38)37-26-32(48-6)24-35(28(4)14-8-2)44(37)53-56-51-40-22-21-29-15-9-10-18-33(29)42(40)45(46)54-56/h9-12,15-28H,7-8,13-14H2,1-6H3. The van der Waals surface area contributed by atoms with Gasteiger partial charge in [-0.15, -0.1) is 0 Å². The van der Waals surface area contributed by atoms with E-state index in [4.69, 9.17) is 36.6 Å². The molecule has 0 N–H and O–H groups in total. The number of benzene rings is 6. The molecule has 56 heavy (non-hydrogen) atoms. The lowest BCUT2D eigenvalue weighted by Crippen LogP contribution is -2.16. The minimum Gasteiger partial charge on any atom is -0.497 e. The van der Waals surface area contributed by atoms with Crippen molar-refractivity contribution in [2.75, 3.05) is 14.2 Å². The first-order chi connectivity index (χ1) is 27.3. The summed E-state index contributed by atoms with van der Waals surface area (Å²) in [4.78, 5) is 13.7. The number of ether oxygens (including phenoxy) is 2. The van der Waals surface area contributed by atoms with Gasteiger partial charge in [-0.25, -0.2) is 4.79 Å². The van der Waals surface area contributed by atoms with E-state index < -0.39 is 23.2 Å². The SMILES string of the molecule is CCCC(C)c1cc(OC)cc(-c2cc(OC)cc(C(C)CCC)c2OP2Oc3cccc4cccc(c34)O2)c1OP1OC(=O)c2c(ccc3ccccc23)O1. The van der Waals surface area contributed by atoms with E-state index in [1.54, 1.807) is 20.3 Å². The highest BCUT2D eigenvalue weighted by atomic mass is 31.2. The molecule has 0 aliphatic carbocycles. The molecule has 11 heteroatoms. The molecule has 0 bridgehead atoms. The lowest BCUT2D eigenvalue weighted by Gasteiger charge is -2.29. The first-order valence-corrected chi connectivity index (χ1v) is 21.2. The van der Waals surface area contributed by atoms with Crippen molar-refractivity contribution in [1.29, 1.82) is 0 Å². The largest absolute Gasteiger partial charge is 0.532 e. The van der Waals surface area contributed by atoms with Crippen LogP contribution in [-0.2, 0) is 4.52 Å². The molecule has 0 radical (unpaired) electrons. The third-order valence-electron chi connectivity index (χ3n) is 10.4. The van der Waals surface area contributed by atoms with Gasteiger partial charge in [0.25, 0.3) is 0 Å². The summed E-state index contributed by atoms with van der Waals surface area (Å²) in [5.74, 6) is 3.75. The average Bonchev–Trinajstić information content (AvgIpc) is 3.21. The summed E-state index contributed by atoms with van der Waals surface area (Å²) >= 11 is 0. The lowest BCUT2D eigenvalue weighted by atomic mass is 9.88. The van der Waals surface area contributed by atoms with Gasteiger partial charge in [0.05, 0.1) is 19.6 Å². The molecule has 3 atom stereocenters. The third-order valence-corrected chi connectivity index (χ3v) is 12.4. The number of fused-ring (bicyclic) bond motifs is 3. The Morgan fingerprint density at radius 2 is 1.11 bits per heavy atom. The van der Waals surface area contributed by atoms with Crippen LogP contribution in [0.25, 0.3) is 32.7 Å². The van der Waals surface area contributed by atoms with Crippen molar-refractivity contribution in [1.82, 2.24) is 0 Å². The molecule has 6 aromatic rings. The molecule has 0 spiro atoms. The number of hydrogen-bond acceptors (Lipinski definition) is 9. The van der Waals surface area contributed by atoms with Gasteiger partial charge in [-0.3, -0.25) is 0 Å². The topological polar surface area (TPSA) is 90.9 Å². The normalized spacial score (nSPS) is 15.8. The molecule has 0 fully saturated rings. The molecule has 0 saturated heterocycles. The second-order valence-corrected chi connectivity index (χ2v) is 16.1. The third kappa shape index (κ3) is 7.15. The fourth-order valence-electron chi connectivity index (χ4n) is 7.57. The molecule has 3 unspecified atom stereocenters. The van der Waals surface area contributed by atoms with Crippen molar-refractivity contribution < 1.29 is 41.4 Å². The summed E-state index contributed by atoms with van der Waals surface area (Å²) in [6.07, 6.45) is 3.66. The predicted molar refractivity (Wildman–Crippen MR) is 222 cm³/mol. The van der Waals surface area contributed by atoms with Gasteiger partial charge in [-0.05, 0) is 83.3 Å². The van der Waals surface area contributed by atoms with Crippen molar-refractivity contribution in [3.63, 3.8) is 0 Å². The number of methoxy groups -OCH3 is 2. The van der Waals surface area contributed by atoms with E-state index in [0.29, 0.717) is 56.9 Å². The van der Waals surface area contributed by atoms with Crippen LogP contribution in [0.15, 0.2) is 97.1 Å². The van der Waals surface area contributed by atoms with Gasteiger partial charge in [-0.1, -0.05) is 95.1 Å². The Balaban J connectivity index is 1.28. The fraction of sp³-hybridized carbons (Fsp3) is 0.267. The van der Waals surface area contributed by atoms with Crippen LogP contribution in [0.5, 0.6) is 40.2 Å². The summed E-state index contributed by atoms with van der Waals surface area (Å²) in [5, 5.41) is 3.60. The molecule has 288 valence electrons. The molecule has 2 heterocycles. The summed E-state index contributed by atoms with van der Waals surface area (Å²) in [6.45, 7) is 8.64. The molecule has 0 saturated carbocycles. The Morgan fingerprint density at radius 1 is 0.589 bits per heavy atom. The van der Waals surface area contributed by atoms with Crippen LogP contribution in [0.1, 0.15) is 86.7 Å². The Kier molecular flexibility index (Phi) is 10.8.